The topological polar surface area (TPSA) is 58.2 Å². The Bertz CT molecular complexity index is 487. The highest BCUT2D eigenvalue weighted by Crippen LogP contribution is 2.14. The fourth-order valence-corrected chi connectivity index (χ4v) is 3.52. The van der Waals surface area contributed by atoms with Gasteiger partial charge in [-0.1, -0.05) is 19.8 Å². The van der Waals surface area contributed by atoms with E-state index in [1.807, 2.05) is 23.9 Å². The molecule has 2 N–H and O–H groups in total. The number of sulfonamides is 1. The first-order valence-corrected chi connectivity index (χ1v) is 10.3. The number of nitrogens with one attached hydrogen (secondary N) is 2. The summed E-state index contributed by atoms with van der Waals surface area (Å²) in [7, 11) is -3.34. The normalized spacial score (nSPS) is 11.5. The summed E-state index contributed by atoms with van der Waals surface area (Å²) in [6.07, 6.45) is 7.09. The van der Waals surface area contributed by atoms with Crippen LogP contribution in [0.5, 0.6) is 0 Å². The van der Waals surface area contributed by atoms with Gasteiger partial charge in [0.1, 0.15) is 0 Å². The molecule has 0 amide bonds. The second-order valence-electron chi connectivity index (χ2n) is 4.86. The largest absolute Gasteiger partial charge is 0.385 e. The lowest BCUT2D eigenvalue weighted by Gasteiger charge is -2.08. The van der Waals surface area contributed by atoms with E-state index in [1.165, 1.54) is 25.0 Å². The Morgan fingerprint density at radius 1 is 1.05 bits per heavy atom. The molecule has 6 heteroatoms. The van der Waals surface area contributed by atoms with Gasteiger partial charge in [-0.05, 0) is 49.1 Å². The van der Waals surface area contributed by atoms with E-state index in [-0.39, 0.29) is 0 Å². The molecule has 0 aliphatic heterocycles. The molecule has 21 heavy (non-hydrogen) atoms. The molecular formula is C15H26N2O2S2. The monoisotopic (exact) mass is 330 g/mol. The molecule has 0 aliphatic rings. The lowest BCUT2D eigenvalue weighted by atomic mass is 10.2. The van der Waals surface area contributed by atoms with Gasteiger partial charge in [0.25, 0.3) is 0 Å². The lowest BCUT2D eigenvalue weighted by molar-refractivity contribution is 0.584. The van der Waals surface area contributed by atoms with Gasteiger partial charge in [0, 0.05) is 18.8 Å². The van der Waals surface area contributed by atoms with E-state index in [1.54, 1.807) is 19.1 Å². The Hall–Kier alpha value is -0.720. The summed E-state index contributed by atoms with van der Waals surface area (Å²) in [6.45, 7) is 3.10. The molecule has 0 fully saturated rings. The van der Waals surface area contributed by atoms with Crippen LogP contribution in [-0.4, -0.2) is 33.5 Å². The summed E-state index contributed by atoms with van der Waals surface area (Å²) in [5.74, 6) is 1.25. The third-order valence-corrected chi connectivity index (χ3v) is 5.36. The zero-order valence-electron chi connectivity index (χ0n) is 12.9. The molecule has 0 saturated heterocycles. The number of thioether (sulfide) groups is 1. The summed E-state index contributed by atoms with van der Waals surface area (Å²) in [5.41, 5.74) is 0.967. The molecule has 0 aliphatic carbocycles. The molecule has 0 saturated carbocycles. The van der Waals surface area contributed by atoms with Crippen molar-refractivity contribution < 1.29 is 8.42 Å². The van der Waals surface area contributed by atoms with Gasteiger partial charge < -0.3 is 5.32 Å². The Balaban J connectivity index is 2.32. The molecule has 0 bridgehead atoms. The molecule has 0 aromatic heterocycles. The highest BCUT2D eigenvalue weighted by atomic mass is 32.2. The van der Waals surface area contributed by atoms with Crippen LogP contribution < -0.4 is 10.0 Å². The Labute approximate surface area is 133 Å². The first-order chi connectivity index (χ1) is 10.1. The van der Waals surface area contributed by atoms with Crippen molar-refractivity contribution >= 4 is 27.5 Å². The fourth-order valence-electron chi connectivity index (χ4n) is 1.98. The summed E-state index contributed by atoms with van der Waals surface area (Å²) < 4.78 is 26.1. The molecule has 1 rings (SSSR count). The summed E-state index contributed by atoms with van der Waals surface area (Å²) in [6, 6.07) is 6.91. The molecule has 4 nitrogen and oxygen atoms in total. The predicted molar refractivity (Wildman–Crippen MR) is 92.6 cm³/mol. The average Bonchev–Trinajstić information content (AvgIpc) is 2.47. The van der Waals surface area contributed by atoms with Crippen molar-refractivity contribution in [2.75, 3.05) is 30.4 Å². The van der Waals surface area contributed by atoms with E-state index in [2.05, 4.69) is 16.3 Å². The van der Waals surface area contributed by atoms with E-state index < -0.39 is 10.0 Å². The van der Waals surface area contributed by atoms with Crippen LogP contribution in [0.15, 0.2) is 29.2 Å². The standard InChI is InChI=1S/C15H26N2O2S2/c1-3-17-21(18,19)15-10-8-14(9-11-15)16-12-6-4-5-7-13-20-2/h8-11,16-17H,3-7,12-13H2,1-2H3. The minimum atomic E-state index is -3.34. The molecule has 0 atom stereocenters. The van der Waals surface area contributed by atoms with Crippen molar-refractivity contribution in [2.45, 2.75) is 37.5 Å². The van der Waals surface area contributed by atoms with E-state index in [4.69, 9.17) is 0 Å². The highest BCUT2D eigenvalue weighted by molar-refractivity contribution is 7.98. The Morgan fingerprint density at radius 2 is 1.71 bits per heavy atom. The maximum atomic E-state index is 11.8. The third kappa shape index (κ3) is 7.20. The highest BCUT2D eigenvalue weighted by Gasteiger charge is 2.11. The van der Waals surface area contributed by atoms with Gasteiger partial charge in [0.15, 0.2) is 0 Å². The van der Waals surface area contributed by atoms with Crippen LogP contribution in [0.3, 0.4) is 0 Å². The van der Waals surface area contributed by atoms with E-state index in [0.29, 0.717) is 11.4 Å². The van der Waals surface area contributed by atoms with Crippen molar-refractivity contribution in [3.63, 3.8) is 0 Å². The number of anilines is 1. The van der Waals surface area contributed by atoms with Crippen LogP contribution in [0.25, 0.3) is 0 Å². The van der Waals surface area contributed by atoms with Crippen molar-refractivity contribution in [3.8, 4) is 0 Å². The van der Waals surface area contributed by atoms with Crippen LogP contribution in [0.1, 0.15) is 32.6 Å². The van der Waals surface area contributed by atoms with Gasteiger partial charge in [-0.3, -0.25) is 0 Å². The zero-order chi connectivity index (χ0) is 15.6. The van der Waals surface area contributed by atoms with Crippen molar-refractivity contribution in [1.29, 1.82) is 0 Å². The van der Waals surface area contributed by atoms with Gasteiger partial charge in [0.2, 0.25) is 10.0 Å². The number of rotatable bonds is 11. The average molecular weight is 331 g/mol. The van der Waals surface area contributed by atoms with E-state index in [9.17, 15) is 8.42 Å². The minimum absolute atomic E-state index is 0.312. The molecule has 1 aromatic carbocycles. The van der Waals surface area contributed by atoms with E-state index in [0.717, 1.165) is 18.7 Å². The van der Waals surface area contributed by atoms with Gasteiger partial charge in [-0.2, -0.15) is 11.8 Å². The number of hydrogen-bond donors (Lipinski definition) is 2. The van der Waals surface area contributed by atoms with Crippen molar-refractivity contribution in [2.24, 2.45) is 0 Å². The van der Waals surface area contributed by atoms with Gasteiger partial charge in [-0.25, -0.2) is 13.1 Å². The van der Waals surface area contributed by atoms with Crippen molar-refractivity contribution in [1.82, 2.24) is 4.72 Å². The third-order valence-electron chi connectivity index (χ3n) is 3.10. The Kier molecular flexibility index (Phi) is 8.80. The smallest absolute Gasteiger partial charge is 0.240 e. The molecule has 1 aromatic rings. The van der Waals surface area contributed by atoms with Crippen LogP contribution in [0.4, 0.5) is 5.69 Å². The molecule has 0 unspecified atom stereocenters. The second-order valence-corrected chi connectivity index (χ2v) is 7.61. The molecular weight excluding hydrogens is 304 g/mol. The van der Waals surface area contributed by atoms with E-state index >= 15 is 0 Å². The first-order valence-electron chi connectivity index (χ1n) is 7.42. The first kappa shape index (κ1) is 18.3. The molecule has 0 heterocycles. The van der Waals surface area contributed by atoms with Crippen LogP contribution in [0, 0.1) is 0 Å². The summed E-state index contributed by atoms with van der Waals surface area (Å²) in [5, 5.41) is 3.33. The Morgan fingerprint density at radius 3 is 2.33 bits per heavy atom. The lowest BCUT2D eigenvalue weighted by Crippen LogP contribution is -2.23. The zero-order valence-corrected chi connectivity index (χ0v) is 14.5. The number of unbranched alkanes of at least 4 members (excludes halogenated alkanes) is 3. The van der Waals surface area contributed by atoms with Crippen molar-refractivity contribution in [3.05, 3.63) is 24.3 Å². The van der Waals surface area contributed by atoms with Gasteiger partial charge in [-0.15, -0.1) is 0 Å². The fraction of sp³-hybridized carbons (Fsp3) is 0.600. The van der Waals surface area contributed by atoms with Crippen LogP contribution >= 0.6 is 11.8 Å². The summed E-state index contributed by atoms with van der Waals surface area (Å²) in [4.78, 5) is 0.312. The molecule has 0 spiro atoms. The van der Waals surface area contributed by atoms with Crippen LogP contribution in [-0.2, 0) is 10.0 Å². The predicted octanol–water partition coefficient (Wildman–Crippen LogP) is 3.32. The van der Waals surface area contributed by atoms with Gasteiger partial charge >= 0.3 is 0 Å². The number of hydrogen-bond acceptors (Lipinski definition) is 4. The number of benzene rings is 1. The molecule has 120 valence electrons. The molecule has 0 radical (unpaired) electrons. The SMILES string of the molecule is CCNS(=O)(=O)c1ccc(NCCCCCCSC)cc1. The maximum absolute atomic E-state index is 11.8. The summed E-state index contributed by atoms with van der Waals surface area (Å²) >= 11 is 1.90. The van der Waals surface area contributed by atoms with Crippen LogP contribution in [0.2, 0.25) is 0 Å². The minimum Gasteiger partial charge on any atom is -0.385 e. The van der Waals surface area contributed by atoms with Gasteiger partial charge in [0.05, 0.1) is 4.90 Å². The quantitative estimate of drug-likeness (QED) is 0.611. The maximum Gasteiger partial charge on any atom is 0.240 e. The second kappa shape index (κ2) is 10.1.